The molecule has 19 aromatic rings. The van der Waals surface area contributed by atoms with E-state index < -0.39 is 0 Å². The molecule has 133 heavy (non-hydrogen) atoms. The number of hydrogen-bond acceptors (Lipinski definition) is 11. The molecule has 0 radical (unpaired) electrons. The molecular weight excluding hydrogens is 1630 g/mol. The predicted molar refractivity (Wildman–Crippen MR) is 547 cm³/mol. The summed E-state index contributed by atoms with van der Waals surface area (Å²) in [5.74, 6) is 0. The molecular formula is C119H110N14. The van der Waals surface area contributed by atoms with Crippen molar-refractivity contribution in [1.29, 1.82) is 0 Å². The van der Waals surface area contributed by atoms with E-state index in [-0.39, 0.29) is 10.8 Å². The highest BCUT2D eigenvalue weighted by Crippen LogP contribution is 2.59. The van der Waals surface area contributed by atoms with Gasteiger partial charge < -0.3 is 9.80 Å². The Hall–Kier alpha value is -14.9. The molecule has 2 aliphatic rings. The van der Waals surface area contributed by atoms with Crippen LogP contribution in [0.25, 0.3) is 139 Å². The van der Waals surface area contributed by atoms with Crippen molar-refractivity contribution in [2.45, 2.75) is 167 Å². The van der Waals surface area contributed by atoms with Gasteiger partial charge in [0.05, 0.1) is 17.1 Å². The predicted octanol–water partition coefficient (Wildman–Crippen LogP) is 31.4. The van der Waals surface area contributed by atoms with Crippen LogP contribution in [0.1, 0.15) is 178 Å². The molecule has 6 aromatic heterocycles. The van der Waals surface area contributed by atoms with Crippen molar-refractivity contribution >= 4 is 67.2 Å². The third kappa shape index (κ3) is 16.3. The molecule has 656 valence electrons. The number of aromatic nitrogens is 12. The van der Waals surface area contributed by atoms with Crippen LogP contribution in [0, 0.1) is 0 Å². The van der Waals surface area contributed by atoms with Gasteiger partial charge in [-0.2, -0.15) is 14.4 Å². The molecule has 0 spiro atoms. The summed E-state index contributed by atoms with van der Waals surface area (Å²) < 4.78 is 0. The largest absolute Gasteiger partial charge is 0.311 e. The van der Waals surface area contributed by atoms with E-state index in [1.807, 2.05) is 78.4 Å². The van der Waals surface area contributed by atoms with Crippen molar-refractivity contribution in [1.82, 2.24) is 59.9 Å². The molecule has 2 aliphatic carbocycles. The molecule has 0 amide bonds. The van der Waals surface area contributed by atoms with Gasteiger partial charge in [-0.25, -0.2) is 0 Å². The van der Waals surface area contributed by atoms with Crippen LogP contribution in [0.2, 0.25) is 0 Å². The highest BCUT2D eigenvalue weighted by Gasteiger charge is 2.45. The molecule has 13 aromatic carbocycles. The van der Waals surface area contributed by atoms with Gasteiger partial charge in [-0.15, -0.1) is 30.6 Å². The molecule has 0 N–H and O–H groups in total. The standard InChI is InChI=1S/C119H110N14/c1-5-9-13-29-69-118(70-30-14-10-6-2)108-79-85(100-59-57-98(112-114(100)125-131(123-112)95-63-73-120-74-64-95)83-41-49-93(50-42-83)129(89-33-21-17-22-34-89)90-35-23-18-24-36-90)45-53-104(108)106-55-47-87(81-110(106)118)102-61-62-103(117-116(102)127-133(128-117)97-67-77-122-78-68-97)88-48-56-107-105-54-46-86(80-109(105)119(111(107)82-88,71-31-15-11-7-3)72-32-16-12-8-4)101-60-58-99(113-115(101)126-132(124-113)96-65-75-121-76-66-96)84-43-51-94(52-44-84)130(91-37-25-19-26-38-91)92-39-27-20-28-40-92/h17-28,33-68,73-82H,5-16,29-32,69-72H2,1-4H3. The molecule has 6 heterocycles. The van der Waals surface area contributed by atoms with Gasteiger partial charge in [0, 0.05) is 116 Å². The molecule has 21 rings (SSSR count). The average molecular weight is 1740 g/mol. The lowest BCUT2D eigenvalue weighted by atomic mass is 9.69. The second kappa shape index (κ2) is 37.9. The van der Waals surface area contributed by atoms with Gasteiger partial charge in [0.1, 0.15) is 33.1 Å². The number of unbranched alkanes of at least 4 members (excludes halogenated alkanes) is 12. The van der Waals surface area contributed by atoms with Crippen LogP contribution in [0.5, 0.6) is 0 Å². The van der Waals surface area contributed by atoms with Crippen molar-refractivity contribution in [3.8, 4) is 106 Å². The van der Waals surface area contributed by atoms with Gasteiger partial charge in [0.2, 0.25) is 0 Å². The van der Waals surface area contributed by atoms with E-state index in [1.54, 1.807) is 9.59 Å². The van der Waals surface area contributed by atoms with Crippen LogP contribution in [-0.4, -0.2) is 59.9 Å². The second-order valence-corrected chi connectivity index (χ2v) is 36.2. The zero-order chi connectivity index (χ0) is 89.6. The number of anilines is 6. The molecule has 0 unspecified atom stereocenters. The fraction of sp³-hybridized carbons (Fsp3) is 0.218. The minimum atomic E-state index is -0.293. The van der Waals surface area contributed by atoms with Crippen LogP contribution < -0.4 is 9.80 Å². The second-order valence-electron chi connectivity index (χ2n) is 36.2. The first-order valence-corrected chi connectivity index (χ1v) is 48.3. The van der Waals surface area contributed by atoms with Crippen LogP contribution in [-0.2, 0) is 10.8 Å². The van der Waals surface area contributed by atoms with Crippen molar-refractivity contribution in [3.63, 3.8) is 0 Å². The van der Waals surface area contributed by atoms with E-state index >= 15 is 0 Å². The summed E-state index contributed by atoms with van der Waals surface area (Å²) in [4.78, 5) is 23.3. The van der Waals surface area contributed by atoms with Gasteiger partial charge >= 0.3 is 0 Å². The third-order valence-corrected chi connectivity index (χ3v) is 28.0. The van der Waals surface area contributed by atoms with E-state index in [1.165, 1.54) is 95.9 Å². The van der Waals surface area contributed by atoms with Gasteiger partial charge in [0.15, 0.2) is 0 Å². The Morgan fingerprint density at radius 1 is 0.203 bits per heavy atom. The Morgan fingerprint density at radius 3 is 0.632 bits per heavy atom. The zero-order valence-corrected chi connectivity index (χ0v) is 76.4. The lowest BCUT2D eigenvalue weighted by molar-refractivity contribution is 0.401. The molecule has 0 fully saturated rings. The van der Waals surface area contributed by atoms with Crippen LogP contribution in [0.4, 0.5) is 34.1 Å². The maximum atomic E-state index is 5.63. The quantitative estimate of drug-likeness (QED) is 0.0351. The molecule has 14 nitrogen and oxygen atoms in total. The summed E-state index contributed by atoms with van der Waals surface area (Å²) in [6.07, 6.45) is 33.6. The zero-order valence-electron chi connectivity index (χ0n) is 76.4. The number of benzene rings is 13. The number of rotatable bonds is 35. The number of fused-ring (bicyclic) bond motifs is 9. The summed E-state index contributed by atoms with van der Waals surface area (Å²) in [6, 6.07) is 115. The van der Waals surface area contributed by atoms with E-state index in [2.05, 4.69) is 331 Å². The van der Waals surface area contributed by atoms with Gasteiger partial charge in [0.25, 0.3) is 0 Å². The lowest BCUT2D eigenvalue weighted by Crippen LogP contribution is -2.25. The first-order chi connectivity index (χ1) is 65.8. The summed E-state index contributed by atoms with van der Waals surface area (Å²) in [5.41, 5.74) is 37.2. The SMILES string of the molecule is CCCCCCC1(CCCCCC)c2cc(-c3ccc(-c4ccc(N(c5ccccc5)c5ccccc5)cc4)c4nn(-c5ccncc5)nc34)ccc2-c2ccc(-c3ccc(-c4ccc5c(c4)C(CCCCCC)(CCCCCC)c4cc(-c6ccc(-c7ccc(N(c8ccccc8)c8ccccc8)cc7)c7nn(-c8ccncc8)nc67)ccc4-5)c4nn(-c5ccncc5)nc34)cc21. The van der Waals surface area contributed by atoms with Crippen molar-refractivity contribution in [2.24, 2.45) is 0 Å². The number of nitrogens with zero attached hydrogens (tertiary/aromatic N) is 14. The molecule has 0 saturated heterocycles. The molecule has 0 bridgehead atoms. The highest BCUT2D eigenvalue weighted by molar-refractivity contribution is 6.05. The van der Waals surface area contributed by atoms with E-state index in [0.29, 0.717) is 0 Å². The first-order valence-electron chi connectivity index (χ1n) is 48.3. The van der Waals surface area contributed by atoms with E-state index in [0.717, 1.165) is 228 Å². The molecule has 14 heteroatoms. The van der Waals surface area contributed by atoms with Crippen LogP contribution >= 0.6 is 0 Å². The minimum Gasteiger partial charge on any atom is -0.311 e. The highest BCUT2D eigenvalue weighted by atomic mass is 15.5. The normalized spacial score (nSPS) is 12.8. The summed E-state index contributed by atoms with van der Waals surface area (Å²) in [7, 11) is 0. The fourth-order valence-electron chi connectivity index (χ4n) is 21.3. The molecule has 0 saturated carbocycles. The average Bonchev–Trinajstić information content (AvgIpc) is 1.56. The fourth-order valence-corrected chi connectivity index (χ4v) is 21.3. The summed E-state index contributed by atoms with van der Waals surface area (Å²) in [6.45, 7) is 9.32. The minimum absolute atomic E-state index is 0.293. The first kappa shape index (κ1) is 84.9. The summed E-state index contributed by atoms with van der Waals surface area (Å²) in [5, 5.41) is 33.0. The van der Waals surface area contributed by atoms with E-state index in [9.17, 15) is 0 Å². The van der Waals surface area contributed by atoms with E-state index in [4.69, 9.17) is 30.6 Å². The Bertz CT molecular complexity index is 6780. The summed E-state index contributed by atoms with van der Waals surface area (Å²) >= 11 is 0. The Labute approximate surface area is 779 Å². The maximum absolute atomic E-state index is 5.63. The van der Waals surface area contributed by atoms with Crippen molar-refractivity contribution < 1.29 is 0 Å². The third-order valence-electron chi connectivity index (χ3n) is 28.0. The smallest absolute Gasteiger partial charge is 0.122 e. The lowest BCUT2D eigenvalue weighted by Gasteiger charge is -2.33. The number of pyridine rings is 3. The van der Waals surface area contributed by atoms with Gasteiger partial charge in [-0.1, -0.05) is 312 Å². The number of para-hydroxylation sites is 4. The monoisotopic (exact) mass is 1730 g/mol. The van der Waals surface area contributed by atoms with Gasteiger partial charge in [-0.05, 0) is 237 Å². The van der Waals surface area contributed by atoms with Crippen molar-refractivity contribution in [3.05, 3.63) is 375 Å². The topological polar surface area (TPSA) is 137 Å². The Balaban J connectivity index is 0.670. The Morgan fingerprint density at radius 2 is 0.406 bits per heavy atom. The van der Waals surface area contributed by atoms with Crippen LogP contribution in [0.3, 0.4) is 0 Å². The van der Waals surface area contributed by atoms with Crippen molar-refractivity contribution in [2.75, 3.05) is 9.80 Å². The Kier molecular flexibility index (Phi) is 24.2. The molecule has 0 aliphatic heterocycles. The van der Waals surface area contributed by atoms with Gasteiger partial charge in [-0.3, -0.25) is 15.0 Å². The van der Waals surface area contributed by atoms with Crippen LogP contribution in [0.15, 0.2) is 353 Å². The number of hydrogen-bond donors (Lipinski definition) is 0. The molecule has 0 atom stereocenters. The maximum Gasteiger partial charge on any atom is 0.122 e.